The third-order valence-corrected chi connectivity index (χ3v) is 4.91. The highest BCUT2D eigenvalue weighted by atomic mass is 35.5. The summed E-state index contributed by atoms with van der Waals surface area (Å²) in [5.74, 6) is 0.493. The van der Waals surface area contributed by atoms with Gasteiger partial charge in [-0.15, -0.1) is 10.2 Å². The number of aliphatic hydroxyl groups is 1. The van der Waals surface area contributed by atoms with Gasteiger partial charge < -0.3 is 14.8 Å². The van der Waals surface area contributed by atoms with E-state index in [4.69, 9.17) is 21.3 Å². The third-order valence-electron chi connectivity index (χ3n) is 4.48. The first-order chi connectivity index (χ1) is 14.0. The van der Waals surface area contributed by atoms with Crippen LogP contribution in [0.2, 0.25) is 5.02 Å². The summed E-state index contributed by atoms with van der Waals surface area (Å²) < 4.78 is 5.77. The Morgan fingerprint density at radius 3 is 2.45 bits per heavy atom. The lowest BCUT2D eigenvalue weighted by atomic mass is 10.0. The molecule has 0 aliphatic rings. The molecule has 29 heavy (non-hydrogen) atoms. The highest BCUT2D eigenvalue weighted by Gasteiger charge is 2.25. The van der Waals surface area contributed by atoms with Crippen LogP contribution < -0.4 is 5.32 Å². The number of nitrogens with one attached hydrogen (secondary N) is 1. The van der Waals surface area contributed by atoms with Crippen molar-refractivity contribution in [1.82, 2.24) is 10.2 Å². The lowest BCUT2D eigenvalue weighted by Gasteiger charge is -2.21. The van der Waals surface area contributed by atoms with Crippen LogP contribution in [0.5, 0.6) is 0 Å². The maximum Gasteiger partial charge on any atom is 0.247 e. The van der Waals surface area contributed by atoms with E-state index in [1.807, 2.05) is 6.92 Å². The zero-order valence-electron chi connectivity index (χ0n) is 15.8. The summed E-state index contributed by atoms with van der Waals surface area (Å²) in [6.07, 6.45) is -0.243. The van der Waals surface area contributed by atoms with Gasteiger partial charge in [0.15, 0.2) is 0 Å². The summed E-state index contributed by atoms with van der Waals surface area (Å²) in [5, 5.41) is 40.1. The maximum atomic E-state index is 10.3. The van der Waals surface area contributed by atoms with Crippen molar-refractivity contribution in [2.24, 2.45) is 0 Å². The van der Waals surface area contributed by atoms with Crippen molar-refractivity contribution in [3.8, 4) is 23.6 Å². The van der Waals surface area contributed by atoms with Gasteiger partial charge >= 0.3 is 0 Å². The lowest BCUT2D eigenvalue weighted by Crippen LogP contribution is -2.24. The summed E-state index contributed by atoms with van der Waals surface area (Å²) in [6, 6.07) is 13.6. The van der Waals surface area contributed by atoms with E-state index in [1.54, 1.807) is 43.3 Å². The highest BCUT2D eigenvalue weighted by Crippen LogP contribution is 2.32. The smallest absolute Gasteiger partial charge is 0.247 e. The molecule has 1 unspecified atom stereocenters. The van der Waals surface area contributed by atoms with E-state index in [9.17, 15) is 10.4 Å². The molecule has 8 heteroatoms. The number of benzene rings is 2. The van der Waals surface area contributed by atoms with Gasteiger partial charge in [0, 0.05) is 11.3 Å². The minimum Gasteiger partial charge on any atom is -0.418 e. The van der Waals surface area contributed by atoms with Crippen molar-refractivity contribution in [2.45, 2.75) is 32.4 Å². The molecule has 0 bridgehead atoms. The molecule has 0 radical (unpaired) electrons. The lowest BCUT2D eigenvalue weighted by molar-refractivity contribution is 0.159. The molecule has 0 saturated carbocycles. The highest BCUT2D eigenvalue weighted by molar-refractivity contribution is 6.32. The van der Waals surface area contributed by atoms with Gasteiger partial charge in [-0.05, 0) is 55.3 Å². The average Bonchev–Trinajstić information content (AvgIpc) is 3.21. The number of aromatic nitrogens is 2. The monoisotopic (exact) mass is 407 g/mol. The number of aliphatic hydroxyl groups excluding tert-OH is 1. The molecule has 2 N–H and O–H groups in total. The number of nitrogens with zero attached hydrogens (tertiary/aromatic N) is 4. The van der Waals surface area contributed by atoms with Crippen molar-refractivity contribution in [2.75, 3.05) is 5.32 Å². The number of hydrogen-bond acceptors (Lipinski definition) is 7. The quantitative estimate of drug-likeness (QED) is 0.627. The summed E-state index contributed by atoms with van der Waals surface area (Å²) in [4.78, 5) is 0. The second-order valence-corrected chi connectivity index (χ2v) is 6.79. The number of halogens is 1. The molecule has 146 valence electrons. The Balaban J connectivity index is 1.92. The molecule has 0 aliphatic heterocycles. The minimum atomic E-state index is -0.844. The van der Waals surface area contributed by atoms with Gasteiger partial charge in [-0.1, -0.05) is 18.5 Å². The van der Waals surface area contributed by atoms with Crippen LogP contribution in [0.25, 0.3) is 11.5 Å². The van der Waals surface area contributed by atoms with Crippen LogP contribution in [0.1, 0.15) is 42.5 Å². The van der Waals surface area contributed by atoms with Gasteiger partial charge in [0.1, 0.15) is 12.1 Å². The molecule has 7 nitrogen and oxygen atoms in total. The molecule has 0 saturated heterocycles. The second-order valence-electron chi connectivity index (χ2n) is 6.42. The Labute approximate surface area is 173 Å². The Morgan fingerprint density at radius 2 is 1.86 bits per heavy atom. The first-order valence-corrected chi connectivity index (χ1v) is 9.36. The van der Waals surface area contributed by atoms with E-state index in [-0.39, 0.29) is 11.8 Å². The van der Waals surface area contributed by atoms with E-state index < -0.39 is 12.1 Å². The average molecular weight is 408 g/mol. The number of rotatable bonds is 6. The molecule has 0 fully saturated rings. The largest absolute Gasteiger partial charge is 0.418 e. The standard InChI is InChI=1S/C21H18ClN5O2/c1-3-16-17(9-8-15(11-24)18(16)22)25-19(12(2)28)21-27-26-20(29-21)14-6-4-13(10-23)5-7-14/h4-9,12,19,25,28H,3H2,1-2H3/t12-,19?/m0/s1. The number of anilines is 1. The fraction of sp³-hybridized carbons (Fsp3) is 0.238. The molecule has 1 heterocycles. The summed E-state index contributed by atoms with van der Waals surface area (Å²) in [7, 11) is 0. The van der Waals surface area contributed by atoms with E-state index in [0.717, 1.165) is 5.56 Å². The summed E-state index contributed by atoms with van der Waals surface area (Å²) in [6.45, 7) is 3.54. The molecule has 3 rings (SSSR count). The van der Waals surface area contributed by atoms with E-state index in [1.165, 1.54) is 0 Å². The van der Waals surface area contributed by atoms with Crippen LogP contribution in [0, 0.1) is 22.7 Å². The predicted molar refractivity (Wildman–Crippen MR) is 108 cm³/mol. The molecule has 2 atom stereocenters. The van der Waals surface area contributed by atoms with Crippen LogP contribution in [-0.4, -0.2) is 21.4 Å². The molecular formula is C21H18ClN5O2. The first kappa shape index (κ1) is 20.3. The third kappa shape index (κ3) is 4.22. The van der Waals surface area contributed by atoms with Gasteiger partial charge in [0.05, 0.1) is 28.3 Å². The van der Waals surface area contributed by atoms with Gasteiger partial charge in [-0.3, -0.25) is 0 Å². The van der Waals surface area contributed by atoms with Crippen LogP contribution >= 0.6 is 11.6 Å². The normalized spacial score (nSPS) is 12.6. The van der Waals surface area contributed by atoms with Gasteiger partial charge in [0.2, 0.25) is 11.8 Å². The molecule has 2 aromatic carbocycles. The van der Waals surface area contributed by atoms with Gasteiger partial charge in [-0.25, -0.2) is 0 Å². The number of hydrogen-bond donors (Lipinski definition) is 2. The zero-order valence-corrected chi connectivity index (χ0v) is 16.6. The zero-order chi connectivity index (χ0) is 21.0. The summed E-state index contributed by atoms with van der Waals surface area (Å²) in [5.41, 5.74) is 3.04. The topological polar surface area (TPSA) is 119 Å². The van der Waals surface area contributed by atoms with Crippen molar-refractivity contribution in [3.05, 3.63) is 64.0 Å². The van der Waals surface area contributed by atoms with Crippen molar-refractivity contribution in [1.29, 1.82) is 10.5 Å². The molecule has 0 aliphatic carbocycles. The number of nitriles is 2. The van der Waals surface area contributed by atoms with Crippen molar-refractivity contribution >= 4 is 17.3 Å². The van der Waals surface area contributed by atoms with Gasteiger partial charge in [-0.2, -0.15) is 10.5 Å². The Hall–Kier alpha value is -3.39. The fourth-order valence-corrected chi connectivity index (χ4v) is 3.25. The first-order valence-electron chi connectivity index (χ1n) is 8.98. The predicted octanol–water partition coefficient (Wildman–Crippen LogP) is 4.23. The van der Waals surface area contributed by atoms with Crippen LogP contribution in [0.4, 0.5) is 5.69 Å². The van der Waals surface area contributed by atoms with Crippen molar-refractivity contribution in [3.63, 3.8) is 0 Å². The van der Waals surface area contributed by atoms with E-state index in [2.05, 4.69) is 27.7 Å². The van der Waals surface area contributed by atoms with Gasteiger partial charge in [0.25, 0.3) is 0 Å². The Bertz CT molecular complexity index is 1090. The van der Waals surface area contributed by atoms with Crippen molar-refractivity contribution < 1.29 is 9.52 Å². The van der Waals surface area contributed by atoms with Crippen LogP contribution in [0.3, 0.4) is 0 Å². The summed E-state index contributed by atoms with van der Waals surface area (Å²) >= 11 is 6.33. The Kier molecular flexibility index (Phi) is 6.13. The molecule has 0 spiro atoms. The van der Waals surface area contributed by atoms with E-state index in [0.29, 0.717) is 33.8 Å². The minimum absolute atomic E-state index is 0.210. The van der Waals surface area contributed by atoms with Crippen LogP contribution in [-0.2, 0) is 6.42 Å². The molecular weight excluding hydrogens is 390 g/mol. The molecule has 0 amide bonds. The Morgan fingerprint density at radius 1 is 1.14 bits per heavy atom. The maximum absolute atomic E-state index is 10.3. The second kappa shape index (κ2) is 8.74. The SMILES string of the molecule is CCc1c(NC(c2nnc(-c3ccc(C#N)cc3)o2)[C@H](C)O)ccc(C#N)c1Cl. The molecule has 1 aromatic heterocycles. The fourth-order valence-electron chi connectivity index (χ4n) is 2.91. The van der Waals surface area contributed by atoms with E-state index >= 15 is 0 Å². The van der Waals surface area contributed by atoms with Crippen LogP contribution in [0.15, 0.2) is 40.8 Å². The molecule has 3 aromatic rings.